The zero-order chi connectivity index (χ0) is 21.0. The van der Waals surface area contributed by atoms with E-state index in [9.17, 15) is 14.4 Å². The van der Waals surface area contributed by atoms with Crippen LogP contribution in [0, 0.1) is 13.8 Å². The summed E-state index contributed by atoms with van der Waals surface area (Å²) in [7, 11) is 0. The molecule has 2 aromatic carbocycles. The molecule has 0 amide bonds. The van der Waals surface area contributed by atoms with Gasteiger partial charge in [-0.2, -0.15) is 0 Å². The largest absolute Gasteiger partial charge is 0.461 e. The molecule has 0 atom stereocenters. The van der Waals surface area contributed by atoms with E-state index in [4.69, 9.17) is 9.15 Å². The van der Waals surface area contributed by atoms with Gasteiger partial charge in [-0.1, -0.05) is 24.3 Å². The minimum absolute atomic E-state index is 0.0133. The van der Waals surface area contributed by atoms with E-state index >= 15 is 0 Å². The number of thioether (sulfide) groups is 1. The molecule has 3 aromatic rings. The number of ketones is 1. The van der Waals surface area contributed by atoms with Gasteiger partial charge in [0, 0.05) is 33.9 Å². The summed E-state index contributed by atoms with van der Waals surface area (Å²) in [5.41, 5.74) is 3.08. The molecular weight excluding hydrogens is 388 g/mol. The standard InChI is InChI=1S/C23H22O5S/c1-14-4-9-19-17(12-22(26)28-23(19)15(14)2)13-27-21(25)11-10-20(24)16-5-7-18(29-3)8-6-16/h4-9,12H,10-11,13H2,1-3H3. The molecule has 0 aliphatic carbocycles. The van der Waals surface area contributed by atoms with E-state index in [0.29, 0.717) is 16.7 Å². The van der Waals surface area contributed by atoms with Gasteiger partial charge in [0.2, 0.25) is 0 Å². The Morgan fingerprint density at radius 2 is 1.76 bits per heavy atom. The number of rotatable bonds is 7. The van der Waals surface area contributed by atoms with Gasteiger partial charge in [-0.05, 0) is 43.4 Å². The van der Waals surface area contributed by atoms with Gasteiger partial charge >= 0.3 is 11.6 Å². The quantitative estimate of drug-likeness (QED) is 0.240. The first kappa shape index (κ1) is 20.9. The van der Waals surface area contributed by atoms with Crippen molar-refractivity contribution in [2.75, 3.05) is 6.26 Å². The van der Waals surface area contributed by atoms with Crippen molar-refractivity contribution in [3.8, 4) is 0 Å². The highest BCUT2D eigenvalue weighted by Crippen LogP contribution is 2.24. The number of fused-ring (bicyclic) bond motifs is 1. The SMILES string of the molecule is CSc1ccc(C(=O)CCC(=O)OCc2cc(=O)oc3c(C)c(C)ccc23)cc1. The highest BCUT2D eigenvalue weighted by Gasteiger charge is 2.13. The van der Waals surface area contributed by atoms with Gasteiger partial charge in [0.05, 0.1) is 6.42 Å². The molecule has 29 heavy (non-hydrogen) atoms. The molecule has 0 aliphatic rings. The third-order valence-electron chi connectivity index (χ3n) is 4.87. The Balaban J connectivity index is 1.63. The number of carbonyl (C=O) groups excluding carboxylic acids is 2. The van der Waals surface area contributed by atoms with Crippen molar-refractivity contribution in [1.82, 2.24) is 0 Å². The summed E-state index contributed by atoms with van der Waals surface area (Å²) in [5.74, 6) is -0.587. The second-order valence-corrected chi connectivity index (χ2v) is 7.67. The molecule has 0 bridgehead atoms. The van der Waals surface area contributed by atoms with Crippen molar-refractivity contribution in [2.45, 2.75) is 38.2 Å². The highest BCUT2D eigenvalue weighted by molar-refractivity contribution is 7.98. The number of hydrogen-bond donors (Lipinski definition) is 0. The Morgan fingerprint density at radius 1 is 1.03 bits per heavy atom. The summed E-state index contributed by atoms with van der Waals surface area (Å²) in [6.07, 6.45) is 2.03. The van der Waals surface area contributed by atoms with Gasteiger partial charge < -0.3 is 9.15 Å². The van der Waals surface area contributed by atoms with Gasteiger partial charge in [0.25, 0.3) is 0 Å². The van der Waals surface area contributed by atoms with Crippen LogP contribution < -0.4 is 5.63 Å². The zero-order valence-corrected chi connectivity index (χ0v) is 17.4. The molecule has 0 spiro atoms. The molecule has 0 saturated carbocycles. The van der Waals surface area contributed by atoms with Crippen LogP contribution in [0.5, 0.6) is 0 Å². The van der Waals surface area contributed by atoms with E-state index in [0.717, 1.165) is 21.4 Å². The van der Waals surface area contributed by atoms with Gasteiger partial charge in [-0.25, -0.2) is 4.79 Å². The lowest BCUT2D eigenvalue weighted by Gasteiger charge is -2.10. The average Bonchev–Trinajstić information content (AvgIpc) is 2.73. The summed E-state index contributed by atoms with van der Waals surface area (Å²) in [5, 5.41) is 0.741. The predicted molar refractivity (Wildman–Crippen MR) is 114 cm³/mol. The second-order valence-electron chi connectivity index (χ2n) is 6.79. The van der Waals surface area contributed by atoms with Gasteiger partial charge in [-0.3, -0.25) is 9.59 Å². The van der Waals surface area contributed by atoms with Crippen LogP contribution in [-0.4, -0.2) is 18.0 Å². The number of carbonyl (C=O) groups is 2. The summed E-state index contributed by atoms with van der Waals surface area (Å²) in [6, 6.07) is 12.4. The molecule has 6 heteroatoms. The fourth-order valence-electron chi connectivity index (χ4n) is 3.01. The lowest BCUT2D eigenvalue weighted by atomic mass is 10.0. The lowest BCUT2D eigenvalue weighted by molar-refractivity contribution is -0.144. The predicted octanol–water partition coefficient (Wildman–Crippen LogP) is 4.84. The zero-order valence-electron chi connectivity index (χ0n) is 16.6. The minimum Gasteiger partial charge on any atom is -0.461 e. The third-order valence-corrected chi connectivity index (χ3v) is 5.62. The van der Waals surface area contributed by atoms with Crippen molar-refractivity contribution in [2.24, 2.45) is 0 Å². The van der Waals surface area contributed by atoms with Crippen LogP contribution in [0.15, 0.2) is 56.6 Å². The maximum atomic E-state index is 12.2. The van der Waals surface area contributed by atoms with Crippen molar-refractivity contribution in [3.63, 3.8) is 0 Å². The number of esters is 1. The smallest absolute Gasteiger partial charge is 0.336 e. The molecule has 0 N–H and O–H groups in total. The summed E-state index contributed by atoms with van der Waals surface area (Å²) >= 11 is 1.60. The lowest BCUT2D eigenvalue weighted by Crippen LogP contribution is -2.10. The van der Waals surface area contributed by atoms with Crippen molar-refractivity contribution in [3.05, 3.63) is 75.1 Å². The Hall–Kier alpha value is -2.86. The van der Waals surface area contributed by atoms with E-state index < -0.39 is 11.6 Å². The first-order valence-electron chi connectivity index (χ1n) is 9.25. The molecule has 3 rings (SSSR count). The topological polar surface area (TPSA) is 73.6 Å². The van der Waals surface area contributed by atoms with Crippen LogP contribution in [0.1, 0.15) is 39.9 Å². The molecule has 0 radical (unpaired) electrons. The van der Waals surface area contributed by atoms with Gasteiger partial charge in [-0.15, -0.1) is 11.8 Å². The number of aryl methyl sites for hydroxylation is 2. The molecule has 0 aliphatic heterocycles. The monoisotopic (exact) mass is 410 g/mol. The van der Waals surface area contributed by atoms with E-state index in [1.165, 1.54) is 6.07 Å². The number of benzene rings is 2. The van der Waals surface area contributed by atoms with Crippen LogP contribution in [0.2, 0.25) is 0 Å². The molecule has 0 saturated heterocycles. The fraction of sp³-hybridized carbons (Fsp3) is 0.261. The first-order chi connectivity index (χ1) is 13.9. The molecule has 150 valence electrons. The van der Waals surface area contributed by atoms with E-state index in [2.05, 4.69) is 0 Å². The van der Waals surface area contributed by atoms with E-state index in [-0.39, 0.29) is 25.2 Å². The van der Waals surface area contributed by atoms with E-state index in [1.54, 1.807) is 23.9 Å². The summed E-state index contributed by atoms with van der Waals surface area (Å²) in [4.78, 5) is 37.3. The average molecular weight is 410 g/mol. The van der Waals surface area contributed by atoms with Crippen LogP contribution in [0.4, 0.5) is 0 Å². The Bertz CT molecular complexity index is 1110. The maximum Gasteiger partial charge on any atom is 0.336 e. The van der Waals surface area contributed by atoms with Crippen molar-refractivity contribution in [1.29, 1.82) is 0 Å². The third kappa shape index (κ3) is 4.95. The summed E-state index contributed by atoms with van der Waals surface area (Å²) < 4.78 is 10.6. The molecule has 0 fully saturated rings. The van der Waals surface area contributed by atoms with Gasteiger partial charge in [0.15, 0.2) is 5.78 Å². The molecule has 1 heterocycles. The van der Waals surface area contributed by atoms with E-state index in [1.807, 2.05) is 44.4 Å². The second kappa shape index (κ2) is 9.09. The Labute approximate surface area is 173 Å². The number of Topliss-reactive ketones (excluding diaryl/α,β-unsaturated/α-hetero) is 1. The molecular formula is C23H22O5S. The molecule has 5 nitrogen and oxygen atoms in total. The van der Waals surface area contributed by atoms with Crippen molar-refractivity contribution >= 4 is 34.5 Å². The molecule has 0 unspecified atom stereocenters. The minimum atomic E-state index is -0.485. The Kier molecular flexibility index (Phi) is 6.54. The summed E-state index contributed by atoms with van der Waals surface area (Å²) in [6.45, 7) is 3.78. The fourth-order valence-corrected chi connectivity index (χ4v) is 3.42. The maximum absolute atomic E-state index is 12.2. The highest BCUT2D eigenvalue weighted by atomic mass is 32.2. The van der Waals surface area contributed by atoms with Crippen LogP contribution in [0.25, 0.3) is 11.0 Å². The van der Waals surface area contributed by atoms with Gasteiger partial charge in [0.1, 0.15) is 12.2 Å². The normalized spacial score (nSPS) is 10.9. The van der Waals surface area contributed by atoms with Crippen LogP contribution in [0.3, 0.4) is 0 Å². The van der Waals surface area contributed by atoms with Crippen LogP contribution >= 0.6 is 11.8 Å². The number of hydrogen-bond acceptors (Lipinski definition) is 6. The first-order valence-corrected chi connectivity index (χ1v) is 10.5. The Morgan fingerprint density at radius 3 is 2.45 bits per heavy atom. The molecule has 1 aromatic heterocycles. The van der Waals surface area contributed by atoms with Crippen LogP contribution in [-0.2, 0) is 16.1 Å². The number of ether oxygens (including phenoxy) is 1. The van der Waals surface area contributed by atoms with Crippen molar-refractivity contribution < 1.29 is 18.7 Å².